The molecule has 3 atom stereocenters. The summed E-state index contributed by atoms with van der Waals surface area (Å²) in [6.45, 7) is 6.25. The fraction of sp³-hybridized carbons (Fsp3) is 0.500. The molecule has 6 nitrogen and oxygen atoms in total. The van der Waals surface area contributed by atoms with Crippen LogP contribution in [0.1, 0.15) is 44.1 Å². The number of ether oxygens (including phenoxy) is 1. The van der Waals surface area contributed by atoms with E-state index in [1.165, 1.54) is 5.56 Å². The first-order valence-corrected chi connectivity index (χ1v) is 10.0. The van der Waals surface area contributed by atoms with Crippen LogP contribution < -0.4 is 10.6 Å². The van der Waals surface area contributed by atoms with E-state index in [2.05, 4.69) is 39.9 Å². The Morgan fingerprint density at radius 3 is 2.69 bits per heavy atom. The van der Waals surface area contributed by atoms with Gasteiger partial charge in [-0.1, -0.05) is 30.3 Å². The van der Waals surface area contributed by atoms with Crippen LogP contribution in [0.3, 0.4) is 0 Å². The molecule has 1 aliphatic rings. The second-order valence-electron chi connectivity index (χ2n) is 7.43. The van der Waals surface area contributed by atoms with E-state index >= 15 is 0 Å². The summed E-state index contributed by atoms with van der Waals surface area (Å²) in [5, 5.41) is 17.3. The Hall–Kier alpha value is -1.58. The summed E-state index contributed by atoms with van der Waals surface area (Å²) >= 11 is 0. The summed E-state index contributed by atoms with van der Waals surface area (Å²) in [6.07, 6.45) is 3.83. The van der Waals surface area contributed by atoms with E-state index in [4.69, 9.17) is 9.15 Å². The summed E-state index contributed by atoms with van der Waals surface area (Å²) < 4.78 is 11.4. The molecule has 1 aliphatic heterocycles. The van der Waals surface area contributed by atoms with Crippen LogP contribution in [-0.4, -0.2) is 37.3 Å². The van der Waals surface area contributed by atoms with Gasteiger partial charge >= 0.3 is 0 Å². The van der Waals surface area contributed by atoms with E-state index in [9.17, 15) is 5.11 Å². The minimum Gasteiger partial charge on any atom is -0.466 e. The zero-order valence-corrected chi connectivity index (χ0v) is 19.5. The number of benzene rings is 1. The molecular formula is C22H32IN3O3. The first-order chi connectivity index (χ1) is 13.6. The van der Waals surface area contributed by atoms with Crippen LogP contribution in [0.15, 0.2) is 58.1 Å². The molecule has 3 unspecified atom stereocenters. The fourth-order valence-corrected chi connectivity index (χ4v) is 3.53. The van der Waals surface area contributed by atoms with Gasteiger partial charge in [-0.3, -0.25) is 0 Å². The maximum Gasteiger partial charge on any atom is 0.191 e. The fourth-order valence-electron chi connectivity index (χ4n) is 3.53. The smallest absolute Gasteiger partial charge is 0.191 e. The van der Waals surface area contributed by atoms with Crippen molar-refractivity contribution in [1.29, 1.82) is 0 Å². The third-order valence-electron chi connectivity index (χ3n) is 5.05. The topological polar surface area (TPSA) is 79.0 Å². The number of guanidine groups is 1. The summed E-state index contributed by atoms with van der Waals surface area (Å²) in [7, 11) is 0. The molecule has 0 spiro atoms. The Morgan fingerprint density at radius 1 is 1.21 bits per heavy atom. The molecule has 7 heteroatoms. The second-order valence-corrected chi connectivity index (χ2v) is 7.43. The number of aliphatic imine (C=N–C) groups is 1. The molecule has 0 bridgehead atoms. The van der Waals surface area contributed by atoms with Crippen molar-refractivity contribution < 1.29 is 14.3 Å². The van der Waals surface area contributed by atoms with Crippen LogP contribution in [0.5, 0.6) is 0 Å². The first-order valence-electron chi connectivity index (χ1n) is 10.0. The number of halogens is 1. The molecule has 0 aliphatic carbocycles. The van der Waals surface area contributed by atoms with Gasteiger partial charge < -0.3 is 24.9 Å². The molecule has 1 fully saturated rings. The maximum atomic E-state index is 10.6. The van der Waals surface area contributed by atoms with E-state index in [0.29, 0.717) is 17.6 Å². The van der Waals surface area contributed by atoms with Crippen molar-refractivity contribution in [3.63, 3.8) is 0 Å². The third-order valence-corrected chi connectivity index (χ3v) is 5.05. The molecule has 0 radical (unpaired) electrons. The predicted molar refractivity (Wildman–Crippen MR) is 126 cm³/mol. The predicted octanol–water partition coefficient (Wildman–Crippen LogP) is 3.83. The summed E-state index contributed by atoms with van der Waals surface area (Å²) in [6, 6.07) is 13.9. The number of nitrogens with one attached hydrogen (secondary N) is 2. The van der Waals surface area contributed by atoms with Crippen LogP contribution >= 0.6 is 24.0 Å². The third kappa shape index (κ3) is 6.72. The summed E-state index contributed by atoms with van der Waals surface area (Å²) in [5.41, 5.74) is 0.0727. The van der Waals surface area contributed by atoms with Gasteiger partial charge in [-0.2, -0.15) is 0 Å². The van der Waals surface area contributed by atoms with Crippen LogP contribution in [-0.2, 0) is 10.3 Å². The molecule has 0 amide bonds. The van der Waals surface area contributed by atoms with E-state index in [0.717, 1.165) is 32.5 Å². The molecule has 0 saturated carbocycles. The van der Waals surface area contributed by atoms with Gasteiger partial charge in [-0.15, -0.1) is 24.0 Å². The molecule has 29 heavy (non-hydrogen) atoms. The lowest BCUT2D eigenvalue weighted by Crippen LogP contribution is -2.42. The number of hydrogen-bond acceptors (Lipinski definition) is 4. The maximum absolute atomic E-state index is 10.6. The molecule has 1 saturated heterocycles. The largest absolute Gasteiger partial charge is 0.466 e. The summed E-state index contributed by atoms with van der Waals surface area (Å²) in [5.74, 6) is 1.56. The number of rotatable bonds is 7. The Kier molecular flexibility index (Phi) is 9.45. The lowest BCUT2D eigenvalue weighted by atomic mass is 9.89. The van der Waals surface area contributed by atoms with Crippen LogP contribution in [0.2, 0.25) is 0 Å². The average Bonchev–Trinajstić information content (AvgIpc) is 3.27. The van der Waals surface area contributed by atoms with Crippen molar-refractivity contribution in [3.05, 3.63) is 60.1 Å². The molecule has 1 aromatic carbocycles. The monoisotopic (exact) mass is 513 g/mol. The standard InChI is InChI=1S/C22H31N3O3.HI/c1-3-23-21(25-16-22(2,26)19-12-8-13-27-19)24-15-18-11-7-14-28-20(18)17-9-5-4-6-10-17;/h4-6,8-10,12-13,18,20,26H,3,7,11,14-16H2,1-2H3,(H2,23,24,25);1H. The van der Waals surface area contributed by atoms with Gasteiger partial charge in [0.2, 0.25) is 0 Å². The minimum atomic E-state index is -1.15. The number of aliphatic hydroxyl groups is 1. The first kappa shape index (κ1) is 23.7. The highest BCUT2D eigenvalue weighted by Gasteiger charge is 2.28. The highest BCUT2D eigenvalue weighted by atomic mass is 127. The van der Waals surface area contributed by atoms with Gasteiger partial charge in [0.25, 0.3) is 0 Å². The van der Waals surface area contributed by atoms with E-state index in [-0.39, 0.29) is 36.6 Å². The Bertz CT molecular complexity index is 735. The Labute approximate surface area is 190 Å². The normalized spacial score (nSPS) is 21.7. The molecular weight excluding hydrogens is 481 g/mol. The zero-order chi connectivity index (χ0) is 19.8. The van der Waals surface area contributed by atoms with Crippen LogP contribution in [0.25, 0.3) is 0 Å². The van der Waals surface area contributed by atoms with Gasteiger partial charge in [0.15, 0.2) is 5.96 Å². The minimum absolute atomic E-state index is 0. The van der Waals surface area contributed by atoms with Gasteiger partial charge in [0.05, 0.1) is 18.9 Å². The van der Waals surface area contributed by atoms with Gasteiger partial charge in [0, 0.05) is 25.6 Å². The van der Waals surface area contributed by atoms with Crippen molar-refractivity contribution >= 4 is 29.9 Å². The molecule has 3 rings (SSSR count). The zero-order valence-electron chi connectivity index (χ0n) is 17.1. The van der Waals surface area contributed by atoms with Gasteiger partial charge in [0.1, 0.15) is 11.4 Å². The highest BCUT2D eigenvalue weighted by molar-refractivity contribution is 14.0. The highest BCUT2D eigenvalue weighted by Crippen LogP contribution is 2.33. The molecule has 2 heterocycles. The van der Waals surface area contributed by atoms with Crippen molar-refractivity contribution in [2.45, 2.75) is 38.4 Å². The van der Waals surface area contributed by atoms with Crippen molar-refractivity contribution in [1.82, 2.24) is 10.6 Å². The lowest BCUT2D eigenvalue weighted by molar-refractivity contribution is -0.0265. The lowest BCUT2D eigenvalue weighted by Gasteiger charge is -2.32. The van der Waals surface area contributed by atoms with Crippen LogP contribution in [0, 0.1) is 5.92 Å². The Morgan fingerprint density at radius 2 is 2.00 bits per heavy atom. The second kappa shape index (κ2) is 11.6. The molecule has 2 aromatic rings. The van der Waals surface area contributed by atoms with E-state index < -0.39 is 5.60 Å². The number of hydrogen-bond donors (Lipinski definition) is 3. The van der Waals surface area contributed by atoms with Gasteiger partial charge in [-0.25, -0.2) is 4.99 Å². The number of nitrogens with zero attached hydrogens (tertiary/aromatic N) is 1. The van der Waals surface area contributed by atoms with E-state index in [1.54, 1.807) is 25.3 Å². The molecule has 160 valence electrons. The summed E-state index contributed by atoms with van der Waals surface area (Å²) in [4.78, 5) is 4.57. The van der Waals surface area contributed by atoms with Crippen molar-refractivity contribution in [2.24, 2.45) is 10.9 Å². The average molecular weight is 513 g/mol. The van der Waals surface area contributed by atoms with Crippen LogP contribution in [0.4, 0.5) is 0 Å². The van der Waals surface area contributed by atoms with Crippen molar-refractivity contribution in [3.8, 4) is 0 Å². The SMILES string of the molecule is CCNC(=NCC(C)(O)c1ccco1)NCC1CCCOC1c1ccccc1.I. The molecule has 3 N–H and O–H groups in total. The van der Waals surface area contributed by atoms with E-state index in [1.807, 2.05) is 13.0 Å². The molecule has 1 aromatic heterocycles. The van der Waals surface area contributed by atoms with Gasteiger partial charge in [-0.05, 0) is 44.4 Å². The number of furan rings is 1. The quantitative estimate of drug-likeness (QED) is 0.298. The Balaban J connectivity index is 0.00000300. The van der Waals surface area contributed by atoms with Crippen molar-refractivity contribution in [2.75, 3.05) is 26.2 Å².